The molecule has 0 fully saturated rings. The largest absolute Gasteiger partial charge is 0.321 e. The molecule has 19 heavy (non-hydrogen) atoms. The van der Waals surface area contributed by atoms with E-state index >= 15 is 0 Å². The van der Waals surface area contributed by atoms with E-state index in [1.54, 1.807) is 6.08 Å². The molecule has 2 aromatic rings. The van der Waals surface area contributed by atoms with E-state index in [0.717, 1.165) is 23.1 Å². The molecule has 1 heterocycles. The fourth-order valence-corrected chi connectivity index (χ4v) is 2.17. The number of aryl methyl sites for hydroxylation is 1. The maximum Gasteiger partial charge on any atom is 0.155 e. The molecule has 0 saturated carbocycles. The van der Waals surface area contributed by atoms with Gasteiger partial charge in [0.2, 0.25) is 0 Å². The van der Waals surface area contributed by atoms with Gasteiger partial charge in [0, 0.05) is 11.9 Å². The van der Waals surface area contributed by atoms with Crippen LogP contribution in [0.4, 0.5) is 0 Å². The molecule has 0 aliphatic heterocycles. The summed E-state index contributed by atoms with van der Waals surface area (Å²) in [6.45, 7) is 6.43. The van der Waals surface area contributed by atoms with Crippen molar-refractivity contribution in [3.63, 3.8) is 0 Å². The molecule has 0 spiro atoms. The van der Waals surface area contributed by atoms with Crippen molar-refractivity contribution in [2.75, 3.05) is 0 Å². The molecule has 1 unspecified atom stereocenters. The number of para-hydroxylation sites is 1. The zero-order valence-electron chi connectivity index (χ0n) is 11.2. The third-order valence-electron chi connectivity index (χ3n) is 3.21. The van der Waals surface area contributed by atoms with E-state index in [-0.39, 0.29) is 12.2 Å². The van der Waals surface area contributed by atoms with Gasteiger partial charge in [0.25, 0.3) is 0 Å². The van der Waals surface area contributed by atoms with Crippen LogP contribution in [0.5, 0.6) is 0 Å². The maximum atomic E-state index is 12.0. The number of carbonyl (C=O) groups excluding carboxylic acids is 1. The molecule has 0 aliphatic rings. The molecule has 1 aromatic heterocycles. The van der Waals surface area contributed by atoms with E-state index in [4.69, 9.17) is 5.73 Å². The number of carbonyl (C=O) groups is 1. The molecule has 4 heteroatoms. The Kier molecular flexibility index (Phi) is 4.12. The Balaban J connectivity index is 2.30. The Morgan fingerprint density at radius 3 is 2.95 bits per heavy atom. The van der Waals surface area contributed by atoms with Crippen molar-refractivity contribution < 1.29 is 4.79 Å². The number of hydrogen-bond donors (Lipinski definition) is 1. The van der Waals surface area contributed by atoms with Gasteiger partial charge in [-0.3, -0.25) is 9.48 Å². The van der Waals surface area contributed by atoms with Crippen molar-refractivity contribution in [3.05, 3.63) is 42.6 Å². The van der Waals surface area contributed by atoms with Gasteiger partial charge < -0.3 is 5.73 Å². The molecule has 0 aliphatic carbocycles. The molecule has 0 amide bonds. The van der Waals surface area contributed by atoms with Gasteiger partial charge in [-0.25, -0.2) is 0 Å². The highest BCUT2D eigenvalue weighted by Crippen LogP contribution is 2.19. The summed E-state index contributed by atoms with van der Waals surface area (Å²) >= 11 is 0. The van der Waals surface area contributed by atoms with Crippen LogP contribution in [0.15, 0.2) is 36.9 Å². The van der Waals surface area contributed by atoms with Gasteiger partial charge >= 0.3 is 0 Å². The fraction of sp³-hybridized carbons (Fsp3) is 0.333. The van der Waals surface area contributed by atoms with Crippen LogP contribution in [0.2, 0.25) is 0 Å². The number of Topliss-reactive ketones (excluding diaryl/α,β-unsaturated/α-hetero) is 1. The van der Waals surface area contributed by atoms with Crippen molar-refractivity contribution >= 4 is 16.7 Å². The predicted octanol–water partition coefficient (Wildman–Crippen LogP) is 2.07. The lowest BCUT2D eigenvalue weighted by atomic mass is 10.0. The summed E-state index contributed by atoms with van der Waals surface area (Å²) in [5.41, 5.74) is 7.67. The molecular formula is C15H19N3O. The molecule has 2 N–H and O–H groups in total. The maximum absolute atomic E-state index is 12.0. The second kappa shape index (κ2) is 5.80. The molecule has 4 nitrogen and oxygen atoms in total. The Bertz CT molecular complexity index is 600. The van der Waals surface area contributed by atoms with E-state index in [0.29, 0.717) is 6.42 Å². The van der Waals surface area contributed by atoms with Crippen LogP contribution in [0.25, 0.3) is 10.9 Å². The third-order valence-corrected chi connectivity index (χ3v) is 3.21. The summed E-state index contributed by atoms with van der Waals surface area (Å²) < 4.78 is 1.91. The number of nitrogens with two attached hydrogens (primary N) is 1. The SMILES string of the molecule is C=CCC(N)C(=O)Cc1nn(CC)c2ccccc12. The molecule has 0 saturated heterocycles. The first-order valence-electron chi connectivity index (χ1n) is 6.51. The number of benzene rings is 1. The second-order valence-corrected chi connectivity index (χ2v) is 4.55. The average Bonchev–Trinajstić information content (AvgIpc) is 2.77. The molecule has 0 radical (unpaired) electrons. The number of nitrogens with zero attached hydrogens (tertiary/aromatic N) is 2. The minimum absolute atomic E-state index is 0.00593. The second-order valence-electron chi connectivity index (χ2n) is 4.55. The van der Waals surface area contributed by atoms with Crippen molar-refractivity contribution in [2.45, 2.75) is 32.4 Å². The van der Waals surface area contributed by atoms with Crippen molar-refractivity contribution in [3.8, 4) is 0 Å². The highest BCUT2D eigenvalue weighted by atomic mass is 16.1. The van der Waals surface area contributed by atoms with E-state index in [1.807, 2.05) is 35.9 Å². The van der Waals surface area contributed by atoms with Crippen LogP contribution in [0, 0.1) is 0 Å². The molecule has 1 aromatic carbocycles. The Morgan fingerprint density at radius 1 is 1.53 bits per heavy atom. The highest BCUT2D eigenvalue weighted by Gasteiger charge is 2.17. The number of rotatable bonds is 6. The minimum Gasteiger partial charge on any atom is -0.321 e. The molecule has 100 valence electrons. The van der Waals surface area contributed by atoms with Crippen molar-refractivity contribution in [1.29, 1.82) is 0 Å². The monoisotopic (exact) mass is 257 g/mol. The molecule has 2 rings (SSSR count). The molecule has 0 bridgehead atoms. The van der Waals surface area contributed by atoms with Gasteiger partial charge in [-0.15, -0.1) is 6.58 Å². The number of ketones is 1. The lowest BCUT2D eigenvalue weighted by Gasteiger charge is -2.06. The fourth-order valence-electron chi connectivity index (χ4n) is 2.17. The van der Waals surface area contributed by atoms with E-state index in [9.17, 15) is 4.79 Å². The zero-order chi connectivity index (χ0) is 13.8. The quantitative estimate of drug-likeness (QED) is 0.806. The standard InChI is InChI=1S/C15H19N3O/c1-3-7-12(16)15(19)10-13-11-8-5-6-9-14(11)18(4-2)17-13/h3,5-6,8-9,12H,1,4,7,10,16H2,2H3. The number of aromatic nitrogens is 2. The van der Waals surface area contributed by atoms with Crippen LogP contribution >= 0.6 is 0 Å². The molecular weight excluding hydrogens is 238 g/mol. The van der Waals surface area contributed by atoms with Gasteiger partial charge in [0.05, 0.1) is 23.7 Å². The lowest BCUT2D eigenvalue weighted by molar-refractivity contribution is -0.119. The van der Waals surface area contributed by atoms with Gasteiger partial charge in [-0.1, -0.05) is 24.3 Å². The highest BCUT2D eigenvalue weighted by molar-refractivity contribution is 5.91. The van der Waals surface area contributed by atoms with Crippen LogP contribution in [0.3, 0.4) is 0 Å². The first-order chi connectivity index (χ1) is 9.17. The Morgan fingerprint density at radius 2 is 2.26 bits per heavy atom. The van der Waals surface area contributed by atoms with Crippen LogP contribution in [0.1, 0.15) is 19.0 Å². The Hall–Kier alpha value is -1.94. The number of hydrogen-bond acceptors (Lipinski definition) is 3. The Labute approximate surface area is 112 Å². The lowest BCUT2D eigenvalue weighted by Crippen LogP contribution is -2.31. The topological polar surface area (TPSA) is 60.9 Å². The minimum atomic E-state index is -0.483. The summed E-state index contributed by atoms with van der Waals surface area (Å²) in [5.74, 6) is 0.00593. The summed E-state index contributed by atoms with van der Waals surface area (Å²) in [6.07, 6.45) is 2.46. The predicted molar refractivity (Wildman–Crippen MR) is 76.9 cm³/mol. The van der Waals surface area contributed by atoms with E-state index in [1.165, 1.54) is 0 Å². The summed E-state index contributed by atoms with van der Waals surface area (Å²) in [5, 5.41) is 5.54. The van der Waals surface area contributed by atoms with Crippen LogP contribution in [-0.4, -0.2) is 21.6 Å². The van der Waals surface area contributed by atoms with E-state index < -0.39 is 6.04 Å². The summed E-state index contributed by atoms with van der Waals surface area (Å²) in [4.78, 5) is 12.0. The average molecular weight is 257 g/mol. The van der Waals surface area contributed by atoms with Crippen LogP contribution in [-0.2, 0) is 17.8 Å². The zero-order valence-corrected chi connectivity index (χ0v) is 11.2. The number of fused-ring (bicyclic) bond motifs is 1. The smallest absolute Gasteiger partial charge is 0.155 e. The van der Waals surface area contributed by atoms with Gasteiger partial charge in [-0.05, 0) is 19.4 Å². The van der Waals surface area contributed by atoms with Gasteiger partial charge in [-0.2, -0.15) is 5.10 Å². The normalized spacial score (nSPS) is 12.5. The van der Waals surface area contributed by atoms with Crippen molar-refractivity contribution in [1.82, 2.24) is 9.78 Å². The van der Waals surface area contributed by atoms with Crippen molar-refractivity contribution in [2.24, 2.45) is 5.73 Å². The van der Waals surface area contributed by atoms with Gasteiger partial charge in [0.1, 0.15) is 0 Å². The van der Waals surface area contributed by atoms with E-state index in [2.05, 4.69) is 11.7 Å². The molecule has 1 atom stereocenters. The third kappa shape index (κ3) is 2.74. The summed E-state index contributed by atoms with van der Waals surface area (Å²) in [7, 11) is 0. The summed E-state index contributed by atoms with van der Waals surface area (Å²) in [6, 6.07) is 7.47. The van der Waals surface area contributed by atoms with Gasteiger partial charge in [0.15, 0.2) is 5.78 Å². The van der Waals surface area contributed by atoms with Crippen LogP contribution < -0.4 is 5.73 Å². The first-order valence-corrected chi connectivity index (χ1v) is 6.51. The first kappa shape index (κ1) is 13.5.